The summed E-state index contributed by atoms with van der Waals surface area (Å²) in [6.07, 6.45) is -2.43. The Balaban J connectivity index is 2.21. The molecule has 0 heterocycles. The van der Waals surface area contributed by atoms with Gasteiger partial charge in [0.1, 0.15) is 0 Å². The van der Waals surface area contributed by atoms with E-state index >= 15 is 0 Å². The number of benzene rings is 1. The number of hydrogen-bond donors (Lipinski definition) is 1. The van der Waals surface area contributed by atoms with Gasteiger partial charge in [0.25, 0.3) is 0 Å². The molecule has 1 aliphatic rings. The van der Waals surface area contributed by atoms with Gasteiger partial charge in [-0.2, -0.15) is 13.2 Å². The van der Waals surface area contributed by atoms with Gasteiger partial charge in [-0.05, 0) is 31.4 Å². The molecule has 1 aromatic carbocycles. The number of carbonyl (C=O) groups excluding carboxylic acids is 1. The zero-order valence-corrected chi connectivity index (χ0v) is 9.70. The summed E-state index contributed by atoms with van der Waals surface area (Å²) in [6.45, 7) is 0. The standard InChI is InChI=1S/C13H14F3NO/c14-13(15,16)10-3-1-2-8(6-10)12(18)9-4-5-11(17)7-9/h1-3,6,9,11H,4-5,7,17H2. The summed E-state index contributed by atoms with van der Waals surface area (Å²) in [5.74, 6) is -0.461. The van der Waals surface area contributed by atoms with Crippen LogP contribution in [0.5, 0.6) is 0 Å². The minimum atomic E-state index is -4.41. The largest absolute Gasteiger partial charge is 0.416 e. The highest BCUT2D eigenvalue weighted by atomic mass is 19.4. The van der Waals surface area contributed by atoms with Crippen molar-refractivity contribution >= 4 is 5.78 Å². The van der Waals surface area contributed by atoms with Crippen LogP contribution in [0.1, 0.15) is 35.2 Å². The number of halogens is 3. The Morgan fingerprint density at radius 2 is 2.00 bits per heavy atom. The van der Waals surface area contributed by atoms with Crippen LogP contribution in [0, 0.1) is 5.92 Å². The summed E-state index contributed by atoms with van der Waals surface area (Å²) in [4.78, 5) is 12.0. The molecule has 1 fully saturated rings. The SMILES string of the molecule is NC1CCC(C(=O)c2cccc(C(F)(F)F)c2)C1. The molecular formula is C13H14F3NO. The van der Waals surface area contributed by atoms with E-state index in [0.29, 0.717) is 12.8 Å². The molecule has 0 saturated heterocycles. The maximum atomic E-state index is 12.5. The summed E-state index contributed by atoms with van der Waals surface area (Å²) >= 11 is 0. The van der Waals surface area contributed by atoms with E-state index in [0.717, 1.165) is 18.6 Å². The van der Waals surface area contributed by atoms with E-state index in [2.05, 4.69) is 0 Å². The second-order valence-electron chi connectivity index (χ2n) is 4.71. The first-order chi connectivity index (χ1) is 8.38. The third kappa shape index (κ3) is 2.72. The topological polar surface area (TPSA) is 43.1 Å². The molecule has 2 N–H and O–H groups in total. The summed E-state index contributed by atoms with van der Waals surface area (Å²) in [7, 11) is 0. The molecule has 18 heavy (non-hydrogen) atoms. The van der Waals surface area contributed by atoms with Crippen molar-refractivity contribution in [1.29, 1.82) is 0 Å². The second kappa shape index (κ2) is 4.72. The summed E-state index contributed by atoms with van der Waals surface area (Å²) in [5, 5.41) is 0. The molecule has 0 aromatic heterocycles. The molecule has 0 bridgehead atoms. The van der Waals surface area contributed by atoms with E-state index in [4.69, 9.17) is 5.73 Å². The molecule has 1 saturated carbocycles. The third-order valence-electron chi connectivity index (χ3n) is 3.32. The van der Waals surface area contributed by atoms with Gasteiger partial charge < -0.3 is 5.73 Å². The molecule has 0 amide bonds. The number of carbonyl (C=O) groups is 1. The van der Waals surface area contributed by atoms with Crippen LogP contribution in [0.2, 0.25) is 0 Å². The lowest BCUT2D eigenvalue weighted by Crippen LogP contribution is -2.18. The average molecular weight is 257 g/mol. The van der Waals surface area contributed by atoms with E-state index < -0.39 is 11.7 Å². The third-order valence-corrected chi connectivity index (χ3v) is 3.32. The molecule has 1 aliphatic carbocycles. The number of nitrogens with two attached hydrogens (primary N) is 1. The Labute approximate surface area is 103 Å². The average Bonchev–Trinajstić information content (AvgIpc) is 2.74. The highest BCUT2D eigenvalue weighted by molar-refractivity contribution is 5.98. The van der Waals surface area contributed by atoms with Crippen molar-refractivity contribution in [3.05, 3.63) is 35.4 Å². The Hall–Kier alpha value is -1.36. The minimum absolute atomic E-state index is 0.00949. The summed E-state index contributed by atoms with van der Waals surface area (Å²) < 4.78 is 37.6. The van der Waals surface area contributed by atoms with Gasteiger partial charge in [0.2, 0.25) is 0 Å². The van der Waals surface area contributed by atoms with Crippen LogP contribution in [-0.2, 0) is 6.18 Å². The Bertz CT molecular complexity index is 456. The second-order valence-corrected chi connectivity index (χ2v) is 4.71. The van der Waals surface area contributed by atoms with Crippen molar-refractivity contribution in [3.8, 4) is 0 Å². The van der Waals surface area contributed by atoms with Crippen molar-refractivity contribution in [2.75, 3.05) is 0 Å². The first kappa shape index (κ1) is 13.1. The van der Waals surface area contributed by atoms with E-state index in [1.165, 1.54) is 12.1 Å². The number of Topliss-reactive ketones (excluding diaryl/α,β-unsaturated/α-hetero) is 1. The predicted octanol–water partition coefficient (Wildman–Crippen LogP) is 3.02. The maximum absolute atomic E-state index is 12.5. The molecule has 0 spiro atoms. The van der Waals surface area contributed by atoms with E-state index in [-0.39, 0.29) is 23.3 Å². The number of alkyl halides is 3. The molecule has 1 aromatic rings. The van der Waals surface area contributed by atoms with E-state index in [1.807, 2.05) is 0 Å². The molecule has 2 nitrogen and oxygen atoms in total. The van der Waals surface area contributed by atoms with Gasteiger partial charge in [0.05, 0.1) is 5.56 Å². The molecule has 2 unspecified atom stereocenters. The van der Waals surface area contributed by atoms with Crippen molar-refractivity contribution in [3.63, 3.8) is 0 Å². The van der Waals surface area contributed by atoms with Crippen LogP contribution in [0.25, 0.3) is 0 Å². The zero-order chi connectivity index (χ0) is 13.3. The number of rotatable bonds is 2. The van der Waals surface area contributed by atoms with Gasteiger partial charge in [-0.15, -0.1) is 0 Å². The Kier molecular flexibility index (Phi) is 3.43. The molecule has 98 valence electrons. The van der Waals surface area contributed by atoms with Crippen molar-refractivity contribution in [1.82, 2.24) is 0 Å². The fourth-order valence-corrected chi connectivity index (χ4v) is 2.34. The lowest BCUT2D eigenvalue weighted by Gasteiger charge is -2.11. The van der Waals surface area contributed by atoms with Crippen LogP contribution >= 0.6 is 0 Å². The monoisotopic (exact) mass is 257 g/mol. The van der Waals surface area contributed by atoms with Crippen LogP contribution in [0.3, 0.4) is 0 Å². The normalized spacial score (nSPS) is 24.2. The zero-order valence-electron chi connectivity index (χ0n) is 9.70. The van der Waals surface area contributed by atoms with Gasteiger partial charge in [-0.3, -0.25) is 4.79 Å². The number of ketones is 1. The first-order valence-electron chi connectivity index (χ1n) is 5.85. The molecule has 2 atom stereocenters. The fraction of sp³-hybridized carbons (Fsp3) is 0.462. The number of hydrogen-bond acceptors (Lipinski definition) is 2. The van der Waals surface area contributed by atoms with Crippen LogP contribution < -0.4 is 5.73 Å². The van der Waals surface area contributed by atoms with Gasteiger partial charge in [0.15, 0.2) is 5.78 Å². The minimum Gasteiger partial charge on any atom is -0.328 e. The fourth-order valence-electron chi connectivity index (χ4n) is 2.34. The molecule has 0 aliphatic heterocycles. The van der Waals surface area contributed by atoms with Crippen molar-refractivity contribution < 1.29 is 18.0 Å². The Morgan fingerprint density at radius 1 is 1.28 bits per heavy atom. The molecular weight excluding hydrogens is 243 g/mol. The van der Waals surface area contributed by atoms with Gasteiger partial charge in [-0.25, -0.2) is 0 Å². The molecule has 5 heteroatoms. The van der Waals surface area contributed by atoms with Crippen molar-refractivity contribution in [2.45, 2.75) is 31.5 Å². The smallest absolute Gasteiger partial charge is 0.328 e. The van der Waals surface area contributed by atoms with Crippen LogP contribution in [-0.4, -0.2) is 11.8 Å². The first-order valence-corrected chi connectivity index (χ1v) is 5.85. The van der Waals surface area contributed by atoms with Gasteiger partial charge in [0, 0.05) is 17.5 Å². The predicted molar refractivity (Wildman–Crippen MR) is 61.1 cm³/mol. The lowest BCUT2D eigenvalue weighted by atomic mass is 9.95. The van der Waals surface area contributed by atoms with Gasteiger partial charge in [-0.1, -0.05) is 12.1 Å². The van der Waals surface area contributed by atoms with Crippen LogP contribution in [0.4, 0.5) is 13.2 Å². The maximum Gasteiger partial charge on any atom is 0.416 e. The molecule has 2 rings (SSSR count). The summed E-state index contributed by atoms with van der Waals surface area (Å²) in [6, 6.07) is 4.58. The van der Waals surface area contributed by atoms with E-state index in [9.17, 15) is 18.0 Å². The van der Waals surface area contributed by atoms with Crippen molar-refractivity contribution in [2.24, 2.45) is 11.7 Å². The quantitative estimate of drug-likeness (QED) is 0.827. The highest BCUT2D eigenvalue weighted by Crippen LogP contribution is 2.32. The highest BCUT2D eigenvalue weighted by Gasteiger charge is 2.33. The lowest BCUT2D eigenvalue weighted by molar-refractivity contribution is -0.137. The van der Waals surface area contributed by atoms with E-state index in [1.54, 1.807) is 0 Å². The molecule has 0 radical (unpaired) electrons. The summed E-state index contributed by atoms with van der Waals surface area (Å²) in [5.41, 5.74) is 5.05. The Morgan fingerprint density at radius 3 is 2.56 bits per heavy atom. The van der Waals surface area contributed by atoms with Gasteiger partial charge >= 0.3 is 6.18 Å². The van der Waals surface area contributed by atoms with Crippen LogP contribution in [0.15, 0.2) is 24.3 Å².